The summed E-state index contributed by atoms with van der Waals surface area (Å²) in [5.74, 6) is -0.687. The number of carbonyl (C=O) groups excluding carboxylic acids is 2. The first-order chi connectivity index (χ1) is 6.77. The van der Waals surface area contributed by atoms with Crippen LogP contribution in [0.1, 0.15) is 16.1 Å². The smallest absolute Gasteiger partial charge is 0.245 e. The van der Waals surface area contributed by atoms with Gasteiger partial charge in [0.1, 0.15) is 0 Å². The van der Waals surface area contributed by atoms with Crippen LogP contribution in [0.15, 0.2) is 24.3 Å². The van der Waals surface area contributed by atoms with Crippen LogP contribution >= 0.6 is 0 Å². The molecule has 68 valence electrons. The summed E-state index contributed by atoms with van der Waals surface area (Å²) in [7, 11) is 0. The highest BCUT2D eigenvalue weighted by molar-refractivity contribution is 6.47. The molecule has 0 radical (unpaired) electrons. The van der Waals surface area contributed by atoms with Gasteiger partial charge in [0.15, 0.2) is 0 Å². The molecular formula is C11H7NO2. The van der Waals surface area contributed by atoms with Gasteiger partial charge in [-0.1, -0.05) is 18.2 Å². The number of nitrogens with one attached hydrogen (secondary N) is 1. The van der Waals surface area contributed by atoms with E-state index in [9.17, 15) is 9.59 Å². The lowest BCUT2D eigenvalue weighted by Gasteiger charge is -1.90. The van der Waals surface area contributed by atoms with Gasteiger partial charge in [-0.05, 0) is 11.6 Å². The van der Waals surface area contributed by atoms with Crippen molar-refractivity contribution in [2.75, 3.05) is 0 Å². The molecule has 1 aliphatic rings. The normalized spacial score (nSPS) is 15.1. The van der Waals surface area contributed by atoms with Crippen molar-refractivity contribution >= 4 is 22.5 Å². The summed E-state index contributed by atoms with van der Waals surface area (Å²) in [4.78, 5) is 25.5. The lowest BCUT2D eigenvalue weighted by atomic mass is 10.1. The average Bonchev–Trinajstić information content (AvgIpc) is 2.67. The number of fused-ring (bicyclic) bond motifs is 3. The molecule has 0 spiro atoms. The van der Waals surface area contributed by atoms with Crippen LogP contribution < -0.4 is 0 Å². The van der Waals surface area contributed by atoms with Gasteiger partial charge in [-0.2, -0.15) is 0 Å². The van der Waals surface area contributed by atoms with Gasteiger partial charge < -0.3 is 4.98 Å². The van der Waals surface area contributed by atoms with Crippen LogP contribution in [0.25, 0.3) is 10.9 Å². The molecule has 0 fully saturated rings. The van der Waals surface area contributed by atoms with Crippen molar-refractivity contribution in [2.45, 2.75) is 6.42 Å². The van der Waals surface area contributed by atoms with E-state index >= 15 is 0 Å². The van der Waals surface area contributed by atoms with E-state index in [1.807, 2.05) is 24.3 Å². The zero-order valence-electron chi connectivity index (χ0n) is 7.33. The van der Waals surface area contributed by atoms with Crippen molar-refractivity contribution in [3.05, 3.63) is 35.5 Å². The minimum Gasteiger partial charge on any atom is -0.351 e. The number of hydrogen-bond acceptors (Lipinski definition) is 2. The molecule has 1 N–H and O–H groups in total. The highest BCUT2D eigenvalue weighted by Gasteiger charge is 2.31. The largest absolute Gasteiger partial charge is 0.351 e. The van der Waals surface area contributed by atoms with Crippen LogP contribution in [-0.2, 0) is 11.2 Å². The second-order valence-corrected chi connectivity index (χ2v) is 3.45. The second-order valence-electron chi connectivity index (χ2n) is 3.45. The molecule has 0 atom stereocenters. The van der Waals surface area contributed by atoms with E-state index in [0.717, 1.165) is 16.5 Å². The molecule has 0 saturated heterocycles. The van der Waals surface area contributed by atoms with Gasteiger partial charge in [-0.25, -0.2) is 0 Å². The molecule has 1 aliphatic carbocycles. The van der Waals surface area contributed by atoms with Crippen molar-refractivity contribution in [3.63, 3.8) is 0 Å². The van der Waals surface area contributed by atoms with Crippen LogP contribution in [-0.4, -0.2) is 16.6 Å². The van der Waals surface area contributed by atoms with E-state index in [0.29, 0.717) is 5.69 Å². The molecular weight excluding hydrogens is 178 g/mol. The van der Waals surface area contributed by atoms with Crippen molar-refractivity contribution < 1.29 is 9.59 Å². The lowest BCUT2D eigenvalue weighted by molar-refractivity contribution is -0.114. The lowest BCUT2D eigenvalue weighted by Crippen LogP contribution is -2.07. The highest BCUT2D eigenvalue weighted by atomic mass is 16.2. The van der Waals surface area contributed by atoms with Crippen molar-refractivity contribution in [3.8, 4) is 0 Å². The summed E-state index contributed by atoms with van der Waals surface area (Å²) in [5.41, 5.74) is 2.27. The summed E-state index contributed by atoms with van der Waals surface area (Å²) in [5, 5.41) is 0.988. The van der Waals surface area contributed by atoms with Crippen LogP contribution in [0, 0.1) is 0 Å². The molecule has 0 aliphatic heterocycles. The quantitative estimate of drug-likeness (QED) is 0.632. The minimum atomic E-state index is -0.379. The molecule has 3 nitrogen and oxygen atoms in total. The second kappa shape index (κ2) is 2.32. The number of aromatic nitrogens is 1. The first-order valence-corrected chi connectivity index (χ1v) is 4.44. The Kier molecular flexibility index (Phi) is 1.24. The Morgan fingerprint density at radius 3 is 2.79 bits per heavy atom. The van der Waals surface area contributed by atoms with E-state index in [4.69, 9.17) is 0 Å². The zero-order valence-corrected chi connectivity index (χ0v) is 7.33. The Balaban J connectivity index is 2.41. The average molecular weight is 185 g/mol. The Morgan fingerprint density at radius 2 is 1.93 bits per heavy atom. The number of Topliss-reactive ketones (excluding diaryl/α,β-unsaturated/α-hetero) is 2. The number of benzene rings is 1. The topological polar surface area (TPSA) is 49.9 Å². The third kappa shape index (κ3) is 0.763. The molecule has 3 heteroatoms. The van der Waals surface area contributed by atoms with E-state index in [1.165, 1.54) is 0 Å². The molecule has 0 saturated carbocycles. The van der Waals surface area contributed by atoms with E-state index < -0.39 is 0 Å². The third-order valence-corrected chi connectivity index (χ3v) is 2.63. The van der Waals surface area contributed by atoms with E-state index in [-0.39, 0.29) is 18.0 Å². The first-order valence-electron chi connectivity index (χ1n) is 4.44. The van der Waals surface area contributed by atoms with Gasteiger partial charge in [0.2, 0.25) is 11.6 Å². The molecule has 0 bridgehead atoms. The Labute approximate surface area is 79.7 Å². The van der Waals surface area contributed by atoms with Gasteiger partial charge in [0.25, 0.3) is 0 Å². The summed E-state index contributed by atoms with van der Waals surface area (Å²) in [6, 6.07) is 7.64. The Bertz CT molecular complexity index is 566. The van der Waals surface area contributed by atoms with Gasteiger partial charge in [0, 0.05) is 17.3 Å². The van der Waals surface area contributed by atoms with Crippen LogP contribution in [0.5, 0.6) is 0 Å². The van der Waals surface area contributed by atoms with Crippen LogP contribution in [0.3, 0.4) is 0 Å². The molecule has 0 amide bonds. The van der Waals surface area contributed by atoms with Gasteiger partial charge in [-0.3, -0.25) is 9.59 Å². The highest BCUT2D eigenvalue weighted by Crippen LogP contribution is 2.27. The summed E-state index contributed by atoms with van der Waals surface area (Å²) in [6.45, 7) is 0. The maximum atomic E-state index is 11.4. The van der Waals surface area contributed by atoms with E-state index in [2.05, 4.69) is 4.98 Å². The van der Waals surface area contributed by atoms with Gasteiger partial charge >= 0.3 is 0 Å². The molecule has 14 heavy (non-hydrogen) atoms. The fraction of sp³-hybridized carbons (Fsp3) is 0.0909. The monoisotopic (exact) mass is 185 g/mol. The summed E-state index contributed by atoms with van der Waals surface area (Å²) >= 11 is 0. The van der Waals surface area contributed by atoms with Crippen LogP contribution in [0.4, 0.5) is 0 Å². The number of para-hydroxylation sites is 1. The van der Waals surface area contributed by atoms with Gasteiger partial charge in [0.05, 0.1) is 5.69 Å². The zero-order chi connectivity index (χ0) is 9.71. The fourth-order valence-corrected chi connectivity index (χ4v) is 1.96. The first kappa shape index (κ1) is 7.50. The Hall–Kier alpha value is -1.90. The Morgan fingerprint density at radius 1 is 1.14 bits per heavy atom. The molecule has 1 aromatic carbocycles. The molecule has 1 aromatic heterocycles. The SMILES string of the molecule is O=C1Cc2c([nH]c3ccccc23)C1=O. The standard InChI is InChI=1S/C11H7NO2/c13-9-5-7-6-3-1-2-4-8(6)12-10(7)11(9)14/h1-4,12H,5H2. The van der Waals surface area contributed by atoms with E-state index in [1.54, 1.807) is 0 Å². The number of ketones is 2. The summed E-state index contributed by atoms with van der Waals surface area (Å²) < 4.78 is 0. The fourth-order valence-electron chi connectivity index (χ4n) is 1.96. The van der Waals surface area contributed by atoms with Crippen molar-refractivity contribution in [1.82, 2.24) is 4.98 Å². The molecule has 3 rings (SSSR count). The number of rotatable bonds is 0. The van der Waals surface area contributed by atoms with Crippen molar-refractivity contribution in [1.29, 1.82) is 0 Å². The maximum Gasteiger partial charge on any atom is 0.245 e. The number of carbonyl (C=O) groups is 2. The minimum absolute atomic E-state index is 0.248. The predicted octanol–water partition coefficient (Wildman–Crippen LogP) is 1.48. The van der Waals surface area contributed by atoms with Crippen molar-refractivity contribution in [2.24, 2.45) is 0 Å². The predicted molar refractivity (Wildman–Crippen MR) is 51.3 cm³/mol. The number of aromatic amines is 1. The molecule has 0 unspecified atom stereocenters. The number of hydrogen-bond donors (Lipinski definition) is 1. The van der Waals surface area contributed by atoms with Gasteiger partial charge in [-0.15, -0.1) is 0 Å². The maximum absolute atomic E-state index is 11.4. The molecule has 2 aromatic rings. The third-order valence-electron chi connectivity index (χ3n) is 2.63. The number of H-pyrrole nitrogens is 1. The van der Waals surface area contributed by atoms with Crippen LogP contribution in [0.2, 0.25) is 0 Å². The molecule has 1 heterocycles. The summed E-state index contributed by atoms with van der Waals surface area (Å²) in [6.07, 6.45) is 0.248.